The van der Waals surface area contributed by atoms with Crippen LogP contribution in [-0.4, -0.2) is 28.2 Å². The first-order valence-corrected chi connectivity index (χ1v) is 4.03. The van der Waals surface area contributed by atoms with Crippen molar-refractivity contribution in [3.8, 4) is 17.5 Å². The number of nitrogens with one attached hydrogen (secondary N) is 1. The molecule has 0 atom stereocenters. The molecule has 0 aliphatic rings. The predicted octanol–water partition coefficient (Wildman–Crippen LogP) is -0.393. The zero-order valence-corrected chi connectivity index (χ0v) is 6.37. The number of rotatable bonds is 2. The number of aromatic amines is 1. The van der Waals surface area contributed by atoms with Gasteiger partial charge in [-0.1, -0.05) is 0 Å². The highest BCUT2D eigenvalue weighted by Gasteiger charge is 2.14. The van der Waals surface area contributed by atoms with Gasteiger partial charge in [-0.25, -0.2) is 0 Å². The first-order chi connectivity index (χ1) is 5.38. The van der Waals surface area contributed by atoms with Crippen molar-refractivity contribution in [3.63, 3.8) is 0 Å². The first kappa shape index (κ1) is 8.68. The molecular formula is C4H5NO6S. The summed E-state index contributed by atoms with van der Waals surface area (Å²) in [5.41, 5.74) is 0. The monoisotopic (exact) mass is 195 g/mol. The Labute approximate surface area is 67.2 Å². The summed E-state index contributed by atoms with van der Waals surface area (Å²) in [6.07, 6.45) is 0. The van der Waals surface area contributed by atoms with Crippen LogP contribution in [0.25, 0.3) is 0 Å². The van der Waals surface area contributed by atoms with Crippen molar-refractivity contribution in [1.82, 2.24) is 4.98 Å². The standard InChI is InChI=1S/C4H5NO6S/c6-3-1-2(4(7)5-3)11-12(8,9)10/h1,5-7H,(H,8,9,10). The molecule has 4 N–H and O–H groups in total. The van der Waals surface area contributed by atoms with Crippen LogP contribution in [0.15, 0.2) is 6.07 Å². The molecule has 0 aromatic carbocycles. The molecule has 8 heteroatoms. The zero-order chi connectivity index (χ0) is 9.35. The van der Waals surface area contributed by atoms with E-state index in [2.05, 4.69) is 4.18 Å². The first-order valence-electron chi connectivity index (χ1n) is 2.66. The Bertz CT molecular complexity index is 378. The van der Waals surface area contributed by atoms with E-state index in [4.69, 9.17) is 14.8 Å². The van der Waals surface area contributed by atoms with Gasteiger partial charge in [0.1, 0.15) is 0 Å². The highest BCUT2D eigenvalue weighted by Crippen LogP contribution is 2.30. The molecule has 0 amide bonds. The molecule has 0 unspecified atom stereocenters. The normalized spacial score (nSPS) is 11.4. The average Bonchev–Trinajstić information content (AvgIpc) is 2.06. The van der Waals surface area contributed by atoms with Crippen molar-refractivity contribution in [2.75, 3.05) is 0 Å². The van der Waals surface area contributed by atoms with Crippen molar-refractivity contribution in [2.45, 2.75) is 0 Å². The van der Waals surface area contributed by atoms with Gasteiger partial charge in [0, 0.05) is 6.07 Å². The number of hydrogen-bond donors (Lipinski definition) is 4. The van der Waals surface area contributed by atoms with Crippen molar-refractivity contribution in [2.24, 2.45) is 0 Å². The van der Waals surface area contributed by atoms with Gasteiger partial charge in [-0.15, -0.1) is 0 Å². The van der Waals surface area contributed by atoms with Crippen LogP contribution in [0.3, 0.4) is 0 Å². The maximum Gasteiger partial charge on any atom is 0.446 e. The molecule has 68 valence electrons. The molecule has 12 heavy (non-hydrogen) atoms. The van der Waals surface area contributed by atoms with E-state index in [-0.39, 0.29) is 0 Å². The van der Waals surface area contributed by atoms with Crippen LogP contribution in [0, 0.1) is 0 Å². The lowest BCUT2D eigenvalue weighted by atomic mass is 10.6. The van der Waals surface area contributed by atoms with Crippen LogP contribution < -0.4 is 4.18 Å². The molecule has 0 radical (unpaired) electrons. The molecule has 0 saturated heterocycles. The summed E-state index contributed by atoms with van der Waals surface area (Å²) in [4.78, 5) is 1.94. The van der Waals surface area contributed by atoms with Crippen molar-refractivity contribution in [1.29, 1.82) is 0 Å². The second-order valence-electron chi connectivity index (χ2n) is 1.88. The Morgan fingerprint density at radius 3 is 2.33 bits per heavy atom. The van der Waals surface area contributed by atoms with Crippen LogP contribution in [0.1, 0.15) is 0 Å². The molecule has 1 rings (SSSR count). The quantitative estimate of drug-likeness (QED) is 0.477. The maximum absolute atomic E-state index is 10.1. The van der Waals surface area contributed by atoms with Crippen LogP contribution in [0.5, 0.6) is 17.5 Å². The minimum atomic E-state index is -4.68. The largest absolute Gasteiger partial charge is 0.494 e. The topological polar surface area (TPSA) is 120 Å². The minimum absolute atomic E-state index is 0.480. The second kappa shape index (κ2) is 2.57. The summed E-state index contributed by atoms with van der Waals surface area (Å²) < 4.78 is 32.2. The summed E-state index contributed by atoms with van der Waals surface area (Å²) in [5.74, 6) is -1.74. The van der Waals surface area contributed by atoms with E-state index in [0.29, 0.717) is 0 Å². The maximum atomic E-state index is 10.1. The zero-order valence-electron chi connectivity index (χ0n) is 5.55. The molecule has 1 aromatic rings. The third-order valence-electron chi connectivity index (χ3n) is 0.943. The van der Waals surface area contributed by atoms with E-state index in [1.807, 2.05) is 4.98 Å². The number of hydrogen-bond acceptors (Lipinski definition) is 5. The van der Waals surface area contributed by atoms with E-state index in [1.54, 1.807) is 0 Å². The molecule has 0 saturated carbocycles. The molecule has 0 spiro atoms. The Kier molecular flexibility index (Phi) is 1.86. The lowest BCUT2D eigenvalue weighted by molar-refractivity contribution is 0.368. The highest BCUT2D eigenvalue weighted by molar-refractivity contribution is 7.81. The Balaban J connectivity index is 2.97. The molecule has 0 aliphatic carbocycles. The van der Waals surface area contributed by atoms with Gasteiger partial charge in [0.15, 0.2) is 5.88 Å². The number of H-pyrrole nitrogens is 1. The van der Waals surface area contributed by atoms with Gasteiger partial charge in [0.05, 0.1) is 0 Å². The lowest BCUT2D eigenvalue weighted by Gasteiger charge is -1.96. The van der Waals surface area contributed by atoms with Crippen LogP contribution in [-0.2, 0) is 10.4 Å². The minimum Gasteiger partial charge on any atom is -0.494 e. The van der Waals surface area contributed by atoms with E-state index >= 15 is 0 Å². The Morgan fingerprint density at radius 1 is 1.42 bits per heavy atom. The van der Waals surface area contributed by atoms with Gasteiger partial charge >= 0.3 is 10.4 Å². The molecule has 0 bridgehead atoms. The summed E-state index contributed by atoms with van der Waals surface area (Å²) in [6.45, 7) is 0. The fourth-order valence-corrected chi connectivity index (χ4v) is 0.942. The fraction of sp³-hybridized carbons (Fsp3) is 0. The second-order valence-corrected chi connectivity index (χ2v) is 2.90. The molecule has 0 fully saturated rings. The van der Waals surface area contributed by atoms with E-state index < -0.39 is 27.9 Å². The molecule has 1 heterocycles. The van der Waals surface area contributed by atoms with Gasteiger partial charge in [-0.05, 0) is 0 Å². The number of aromatic hydroxyl groups is 2. The third-order valence-corrected chi connectivity index (χ3v) is 1.33. The average molecular weight is 195 g/mol. The van der Waals surface area contributed by atoms with Gasteiger partial charge in [0.25, 0.3) is 0 Å². The molecule has 1 aromatic heterocycles. The number of aromatic nitrogens is 1. The van der Waals surface area contributed by atoms with Gasteiger partial charge in [-0.3, -0.25) is 9.54 Å². The molecule has 7 nitrogen and oxygen atoms in total. The molecular weight excluding hydrogens is 190 g/mol. The van der Waals surface area contributed by atoms with Crippen molar-refractivity contribution < 1.29 is 27.4 Å². The summed E-state index contributed by atoms with van der Waals surface area (Å²) in [5, 5.41) is 17.4. The fourth-order valence-electron chi connectivity index (χ4n) is 0.589. The van der Waals surface area contributed by atoms with E-state index in [1.165, 1.54) is 0 Å². The van der Waals surface area contributed by atoms with Gasteiger partial charge < -0.3 is 14.4 Å². The summed E-state index contributed by atoms with van der Waals surface area (Å²) in [7, 11) is -4.68. The van der Waals surface area contributed by atoms with Crippen LogP contribution in [0.4, 0.5) is 0 Å². The van der Waals surface area contributed by atoms with E-state index in [9.17, 15) is 8.42 Å². The van der Waals surface area contributed by atoms with Crippen molar-refractivity contribution >= 4 is 10.4 Å². The van der Waals surface area contributed by atoms with Crippen LogP contribution >= 0.6 is 0 Å². The summed E-state index contributed by atoms with van der Waals surface area (Å²) in [6, 6.07) is 0.795. The smallest absolute Gasteiger partial charge is 0.446 e. The van der Waals surface area contributed by atoms with Gasteiger partial charge in [-0.2, -0.15) is 8.42 Å². The SMILES string of the molecule is O=S(=O)(O)Oc1cc(O)[nH]c1O. The van der Waals surface area contributed by atoms with Gasteiger partial charge in [0.2, 0.25) is 11.6 Å². The molecule has 0 aliphatic heterocycles. The van der Waals surface area contributed by atoms with Crippen LogP contribution in [0.2, 0.25) is 0 Å². The van der Waals surface area contributed by atoms with Crippen molar-refractivity contribution in [3.05, 3.63) is 6.07 Å². The lowest BCUT2D eigenvalue weighted by Crippen LogP contribution is -2.05. The highest BCUT2D eigenvalue weighted by atomic mass is 32.3. The Morgan fingerprint density at radius 2 is 2.00 bits per heavy atom. The predicted molar refractivity (Wildman–Crippen MR) is 36.3 cm³/mol. The van der Waals surface area contributed by atoms with E-state index in [0.717, 1.165) is 6.07 Å². The summed E-state index contributed by atoms with van der Waals surface area (Å²) >= 11 is 0. The third kappa shape index (κ3) is 2.04. The Hall–Kier alpha value is -1.41.